The van der Waals surface area contributed by atoms with Crippen LogP contribution in [0.4, 0.5) is 0 Å². The van der Waals surface area contributed by atoms with Gasteiger partial charge < -0.3 is 20.1 Å². The number of aromatic nitrogens is 1. The molecule has 1 heterocycles. The number of carboxylic acid groups (broad SMARTS) is 1. The lowest BCUT2D eigenvalue weighted by Crippen LogP contribution is -2.32. The molecule has 3 aromatic carbocycles. The Labute approximate surface area is 220 Å². The van der Waals surface area contributed by atoms with Crippen LogP contribution >= 0.6 is 11.6 Å². The number of carboxylic acids is 1. The van der Waals surface area contributed by atoms with Gasteiger partial charge in [0, 0.05) is 35.1 Å². The first kappa shape index (κ1) is 26.8. The van der Waals surface area contributed by atoms with E-state index in [-0.39, 0.29) is 23.2 Å². The Kier molecular flexibility index (Phi) is 8.01. The maximum absolute atomic E-state index is 12.0. The van der Waals surface area contributed by atoms with Gasteiger partial charge in [-0.1, -0.05) is 41.9 Å². The molecule has 0 saturated carbocycles. The smallest absolute Gasteiger partial charge is 0.352 e. The van der Waals surface area contributed by atoms with Gasteiger partial charge in [0.05, 0.1) is 11.0 Å². The minimum Gasteiger partial charge on any atom is -0.477 e. The molecular formula is C27H28ClN3O5S. The molecule has 0 aliphatic rings. The Hall–Kier alpha value is -3.21. The number of carbonyl (C=O) groups is 1. The summed E-state index contributed by atoms with van der Waals surface area (Å²) in [6.07, 6.45) is -0.0223. The van der Waals surface area contributed by atoms with E-state index in [1.165, 1.54) is 12.1 Å². The molecule has 8 nitrogen and oxygen atoms in total. The molecule has 37 heavy (non-hydrogen) atoms. The largest absolute Gasteiger partial charge is 0.477 e. The number of sulfonamides is 1. The van der Waals surface area contributed by atoms with Crippen molar-refractivity contribution in [3.05, 3.63) is 100 Å². The molecular weight excluding hydrogens is 514 g/mol. The van der Waals surface area contributed by atoms with E-state index in [2.05, 4.69) is 5.32 Å². The van der Waals surface area contributed by atoms with Crippen LogP contribution in [0.3, 0.4) is 0 Å². The summed E-state index contributed by atoms with van der Waals surface area (Å²) in [5.41, 5.74) is 3.19. The lowest BCUT2D eigenvalue weighted by molar-refractivity contribution is 0.0686. The van der Waals surface area contributed by atoms with Gasteiger partial charge in [-0.25, -0.2) is 18.4 Å². The van der Waals surface area contributed by atoms with E-state index in [1.807, 2.05) is 31.2 Å². The number of rotatable bonds is 10. The van der Waals surface area contributed by atoms with Crippen molar-refractivity contribution < 1.29 is 23.4 Å². The van der Waals surface area contributed by atoms with Crippen LogP contribution in [-0.4, -0.2) is 41.8 Å². The van der Waals surface area contributed by atoms with Crippen molar-refractivity contribution in [2.24, 2.45) is 5.14 Å². The average molecular weight is 542 g/mol. The van der Waals surface area contributed by atoms with Crippen molar-refractivity contribution in [2.45, 2.75) is 36.9 Å². The Morgan fingerprint density at radius 1 is 1.05 bits per heavy atom. The molecule has 5 N–H and O–H groups in total. The summed E-state index contributed by atoms with van der Waals surface area (Å²) < 4.78 is 25.1. The summed E-state index contributed by atoms with van der Waals surface area (Å²) in [4.78, 5) is 12.0. The summed E-state index contributed by atoms with van der Waals surface area (Å²) in [6.45, 7) is 2.55. The number of nitrogens with zero attached hydrogens (tertiary/aromatic N) is 1. The van der Waals surface area contributed by atoms with Crippen LogP contribution < -0.4 is 10.5 Å². The maximum Gasteiger partial charge on any atom is 0.352 e. The molecule has 194 valence electrons. The third-order valence-corrected chi connectivity index (χ3v) is 7.33. The molecule has 10 heteroatoms. The van der Waals surface area contributed by atoms with Crippen molar-refractivity contribution in [1.29, 1.82) is 0 Å². The number of primary sulfonamides is 1. The minimum atomic E-state index is -3.87. The minimum absolute atomic E-state index is 0.0254. The number of aliphatic hydroxyl groups excluding tert-OH is 1. The van der Waals surface area contributed by atoms with Gasteiger partial charge in [-0.2, -0.15) is 0 Å². The number of aromatic carboxylic acids is 1. The topological polar surface area (TPSA) is 135 Å². The van der Waals surface area contributed by atoms with Crippen molar-refractivity contribution in [2.75, 3.05) is 6.54 Å². The van der Waals surface area contributed by atoms with Gasteiger partial charge >= 0.3 is 5.97 Å². The van der Waals surface area contributed by atoms with Crippen LogP contribution in [0.25, 0.3) is 10.9 Å². The van der Waals surface area contributed by atoms with Crippen LogP contribution in [0.1, 0.15) is 40.2 Å². The first-order chi connectivity index (χ1) is 17.5. The SMILES string of the molecule is CC(Cc1ccc2c(c1)cc(C(=O)O)n2Cc1cccc(S(N)(=O)=O)c1)NCC(O)c1cccc(Cl)c1. The van der Waals surface area contributed by atoms with Gasteiger partial charge in [-0.3, -0.25) is 0 Å². The molecule has 1 aromatic heterocycles. The van der Waals surface area contributed by atoms with E-state index in [0.717, 1.165) is 22.0 Å². The van der Waals surface area contributed by atoms with Gasteiger partial charge in [0.1, 0.15) is 5.69 Å². The van der Waals surface area contributed by atoms with Gasteiger partial charge in [0.15, 0.2) is 0 Å². The summed E-state index contributed by atoms with van der Waals surface area (Å²) >= 11 is 6.01. The Balaban J connectivity index is 1.51. The van der Waals surface area contributed by atoms with Gasteiger partial charge in [-0.15, -0.1) is 0 Å². The predicted molar refractivity (Wildman–Crippen MR) is 143 cm³/mol. The molecule has 0 aliphatic carbocycles. The zero-order valence-electron chi connectivity index (χ0n) is 20.1. The Morgan fingerprint density at radius 3 is 2.51 bits per heavy atom. The normalized spacial score (nSPS) is 13.5. The number of fused-ring (bicyclic) bond motifs is 1. The van der Waals surface area contributed by atoms with Crippen molar-refractivity contribution in [3.8, 4) is 0 Å². The highest BCUT2D eigenvalue weighted by molar-refractivity contribution is 7.89. The number of hydrogen-bond acceptors (Lipinski definition) is 5. The zero-order valence-corrected chi connectivity index (χ0v) is 21.7. The molecule has 2 atom stereocenters. The van der Waals surface area contributed by atoms with Crippen molar-refractivity contribution in [1.82, 2.24) is 9.88 Å². The van der Waals surface area contributed by atoms with E-state index < -0.39 is 22.1 Å². The highest BCUT2D eigenvalue weighted by Gasteiger charge is 2.17. The standard InChI is InChI=1S/C27H28ClN3O5S/c1-17(30-15-26(32)20-5-3-6-22(28)13-20)10-18-8-9-24-21(11-18)14-25(27(33)34)31(24)16-19-4-2-7-23(12-19)37(29,35)36/h2-9,11-14,17,26,30,32H,10,15-16H2,1H3,(H,33,34)(H2,29,35,36). The van der Waals surface area contributed by atoms with Crippen molar-refractivity contribution in [3.63, 3.8) is 0 Å². The van der Waals surface area contributed by atoms with Crippen LogP contribution in [0.2, 0.25) is 5.02 Å². The third kappa shape index (κ3) is 6.57. The zero-order chi connectivity index (χ0) is 26.7. The van der Waals surface area contributed by atoms with E-state index in [4.69, 9.17) is 16.7 Å². The highest BCUT2D eigenvalue weighted by Crippen LogP contribution is 2.25. The number of benzene rings is 3. The summed E-state index contributed by atoms with van der Waals surface area (Å²) in [7, 11) is -3.87. The number of halogens is 1. The average Bonchev–Trinajstić information content (AvgIpc) is 3.20. The first-order valence-electron chi connectivity index (χ1n) is 11.7. The number of hydrogen-bond donors (Lipinski definition) is 4. The molecule has 0 amide bonds. The van der Waals surface area contributed by atoms with E-state index in [1.54, 1.807) is 41.0 Å². The summed E-state index contributed by atoms with van der Waals surface area (Å²) in [5.74, 6) is -1.08. The van der Waals surface area contributed by atoms with Gasteiger partial charge in [0.25, 0.3) is 0 Å². The number of aliphatic hydroxyl groups is 1. The molecule has 0 radical (unpaired) electrons. The summed E-state index contributed by atoms with van der Waals surface area (Å²) in [5, 5.41) is 30.2. The number of nitrogens with two attached hydrogens (primary N) is 1. The second kappa shape index (κ2) is 11.0. The second-order valence-corrected chi connectivity index (χ2v) is 11.1. The third-order valence-electron chi connectivity index (χ3n) is 6.19. The molecule has 0 aliphatic heterocycles. The lowest BCUT2D eigenvalue weighted by Gasteiger charge is -2.18. The van der Waals surface area contributed by atoms with E-state index in [0.29, 0.717) is 23.6 Å². The molecule has 0 saturated heterocycles. The Morgan fingerprint density at radius 2 is 1.81 bits per heavy atom. The van der Waals surface area contributed by atoms with E-state index in [9.17, 15) is 23.4 Å². The second-order valence-electron chi connectivity index (χ2n) is 9.09. The number of nitrogens with one attached hydrogen (secondary N) is 1. The fourth-order valence-electron chi connectivity index (χ4n) is 4.37. The Bertz CT molecular complexity index is 1550. The quantitative estimate of drug-likeness (QED) is 0.240. The molecule has 0 bridgehead atoms. The monoisotopic (exact) mass is 541 g/mol. The van der Waals surface area contributed by atoms with Crippen LogP contribution in [-0.2, 0) is 23.0 Å². The van der Waals surface area contributed by atoms with Gasteiger partial charge in [0.2, 0.25) is 10.0 Å². The molecule has 0 fully saturated rings. The fraction of sp³-hybridized carbons (Fsp3) is 0.222. The van der Waals surface area contributed by atoms with Crippen molar-refractivity contribution >= 4 is 38.5 Å². The van der Waals surface area contributed by atoms with Crippen LogP contribution in [0, 0.1) is 0 Å². The molecule has 4 aromatic rings. The van der Waals surface area contributed by atoms with Crippen LogP contribution in [0.5, 0.6) is 0 Å². The van der Waals surface area contributed by atoms with E-state index >= 15 is 0 Å². The highest BCUT2D eigenvalue weighted by atomic mass is 35.5. The molecule has 4 rings (SSSR count). The molecule has 2 unspecified atom stereocenters. The maximum atomic E-state index is 12.0. The predicted octanol–water partition coefficient (Wildman–Crippen LogP) is 3.94. The van der Waals surface area contributed by atoms with Gasteiger partial charge in [-0.05, 0) is 72.5 Å². The summed E-state index contributed by atoms with van der Waals surface area (Å²) in [6, 6.07) is 20.7. The fourth-order valence-corrected chi connectivity index (χ4v) is 5.15. The first-order valence-corrected chi connectivity index (χ1v) is 13.6. The molecule has 0 spiro atoms. The van der Waals surface area contributed by atoms with Crippen LogP contribution in [0.15, 0.2) is 77.7 Å². The lowest BCUT2D eigenvalue weighted by atomic mass is 10.0.